The highest BCUT2D eigenvalue weighted by molar-refractivity contribution is 7.80. The molecule has 2 aliphatic rings. The number of hydrazone groups is 1. The molecule has 1 aliphatic carbocycles. The number of ether oxygens (including phenoxy) is 1. The van der Waals surface area contributed by atoms with E-state index in [-0.39, 0.29) is 0 Å². The Hall–Kier alpha value is -2.87. The summed E-state index contributed by atoms with van der Waals surface area (Å²) in [5.74, 6) is 0. The number of thiocarbonyl (C=S) groups is 1. The van der Waals surface area contributed by atoms with Crippen molar-refractivity contribution in [2.24, 2.45) is 5.10 Å². The van der Waals surface area contributed by atoms with Gasteiger partial charge in [0.15, 0.2) is 5.11 Å². The van der Waals surface area contributed by atoms with Crippen LogP contribution in [0.15, 0.2) is 70.5 Å². The fourth-order valence-electron chi connectivity index (χ4n) is 4.60. The van der Waals surface area contributed by atoms with Crippen molar-refractivity contribution >= 4 is 52.6 Å². The standard InChI is InChI=1S/C28H34ClN5OS/c1-3-33(4-2)26-13-5-21(6-14-26)19-22-7-8-23(27(22)34-15-17-35-18-16-34)20-30-32-28(36)31-25-11-9-24(29)10-12-25/h5-6,9-14,19-20H,3-4,7-8,15-18H2,1-2H3,(H2,31,32,36)/b22-19-,30-20?. The molecule has 1 fully saturated rings. The van der Waals surface area contributed by atoms with Gasteiger partial charge in [0.05, 0.1) is 19.4 Å². The fraction of sp³-hybridized carbons (Fsp3) is 0.357. The van der Waals surface area contributed by atoms with Crippen molar-refractivity contribution in [2.75, 3.05) is 49.6 Å². The number of halogens is 1. The summed E-state index contributed by atoms with van der Waals surface area (Å²) in [5, 5.41) is 8.69. The first-order valence-electron chi connectivity index (χ1n) is 12.5. The predicted molar refractivity (Wildman–Crippen MR) is 156 cm³/mol. The van der Waals surface area contributed by atoms with Crippen LogP contribution in [0.3, 0.4) is 0 Å². The highest BCUT2D eigenvalue weighted by Gasteiger charge is 2.25. The number of allylic oxidation sites excluding steroid dienone is 2. The van der Waals surface area contributed by atoms with Crippen molar-refractivity contribution in [1.82, 2.24) is 10.3 Å². The molecule has 2 N–H and O–H groups in total. The van der Waals surface area contributed by atoms with Gasteiger partial charge < -0.3 is 19.9 Å². The van der Waals surface area contributed by atoms with Gasteiger partial charge in [0.1, 0.15) is 0 Å². The molecule has 0 spiro atoms. The van der Waals surface area contributed by atoms with Gasteiger partial charge in [-0.2, -0.15) is 5.10 Å². The Labute approximate surface area is 224 Å². The highest BCUT2D eigenvalue weighted by Crippen LogP contribution is 2.35. The molecule has 2 aromatic carbocycles. The topological polar surface area (TPSA) is 52.1 Å². The molecular weight excluding hydrogens is 490 g/mol. The second-order valence-electron chi connectivity index (χ2n) is 8.74. The van der Waals surface area contributed by atoms with E-state index < -0.39 is 0 Å². The van der Waals surface area contributed by atoms with Gasteiger partial charge in [-0.15, -0.1) is 0 Å². The van der Waals surface area contributed by atoms with Crippen molar-refractivity contribution < 1.29 is 4.74 Å². The van der Waals surface area contributed by atoms with Crippen molar-refractivity contribution in [1.29, 1.82) is 0 Å². The average Bonchev–Trinajstić information content (AvgIpc) is 3.29. The van der Waals surface area contributed by atoms with Gasteiger partial charge in [0.25, 0.3) is 0 Å². The molecule has 0 amide bonds. The monoisotopic (exact) mass is 523 g/mol. The third-order valence-electron chi connectivity index (χ3n) is 6.45. The van der Waals surface area contributed by atoms with E-state index >= 15 is 0 Å². The summed E-state index contributed by atoms with van der Waals surface area (Å²) in [6.07, 6.45) is 6.15. The van der Waals surface area contributed by atoms with Crippen LogP contribution in [0, 0.1) is 0 Å². The molecule has 2 aromatic rings. The van der Waals surface area contributed by atoms with E-state index in [9.17, 15) is 0 Å². The van der Waals surface area contributed by atoms with E-state index in [0.717, 1.165) is 57.9 Å². The van der Waals surface area contributed by atoms with Gasteiger partial charge in [-0.05, 0) is 98.1 Å². The lowest BCUT2D eigenvalue weighted by Gasteiger charge is -2.31. The summed E-state index contributed by atoms with van der Waals surface area (Å²) in [4.78, 5) is 4.79. The van der Waals surface area contributed by atoms with Crippen molar-refractivity contribution in [2.45, 2.75) is 26.7 Å². The largest absolute Gasteiger partial charge is 0.378 e. The van der Waals surface area contributed by atoms with Gasteiger partial charge in [0.2, 0.25) is 0 Å². The molecule has 0 bridgehead atoms. The number of benzene rings is 2. The van der Waals surface area contributed by atoms with Crippen molar-refractivity contribution in [3.05, 3.63) is 76.0 Å². The summed E-state index contributed by atoms with van der Waals surface area (Å²) in [7, 11) is 0. The van der Waals surface area contributed by atoms with E-state index in [4.69, 9.17) is 28.6 Å². The number of nitrogens with one attached hydrogen (secondary N) is 2. The minimum atomic E-state index is 0.434. The van der Waals surface area contributed by atoms with E-state index in [1.165, 1.54) is 28.1 Å². The molecule has 6 nitrogen and oxygen atoms in total. The molecule has 0 aromatic heterocycles. The van der Waals surface area contributed by atoms with Gasteiger partial charge in [-0.25, -0.2) is 0 Å². The van der Waals surface area contributed by atoms with Crippen LogP contribution in [0.2, 0.25) is 5.02 Å². The number of rotatable bonds is 8. The highest BCUT2D eigenvalue weighted by atomic mass is 35.5. The predicted octanol–water partition coefficient (Wildman–Crippen LogP) is 5.92. The Balaban J connectivity index is 1.50. The van der Waals surface area contributed by atoms with Crippen LogP contribution >= 0.6 is 23.8 Å². The fourth-order valence-corrected chi connectivity index (χ4v) is 4.90. The number of morpholine rings is 1. The minimum absolute atomic E-state index is 0.434. The first-order valence-corrected chi connectivity index (χ1v) is 13.3. The zero-order chi connectivity index (χ0) is 25.3. The molecular formula is C28H34ClN5OS. The minimum Gasteiger partial charge on any atom is -0.378 e. The zero-order valence-electron chi connectivity index (χ0n) is 21.0. The first kappa shape index (κ1) is 26.2. The maximum absolute atomic E-state index is 5.95. The van der Waals surface area contributed by atoms with Crippen LogP contribution < -0.4 is 15.6 Å². The second kappa shape index (κ2) is 12.9. The maximum atomic E-state index is 5.95. The lowest BCUT2D eigenvalue weighted by Crippen LogP contribution is -2.36. The normalized spacial score (nSPS) is 17.2. The van der Waals surface area contributed by atoms with Crippen LogP contribution in [-0.4, -0.2) is 55.6 Å². The Morgan fingerprint density at radius 1 is 1.06 bits per heavy atom. The summed E-state index contributed by atoms with van der Waals surface area (Å²) in [6, 6.07) is 16.2. The van der Waals surface area contributed by atoms with Gasteiger partial charge in [-0.3, -0.25) is 5.43 Å². The van der Waals surface area contributed by atoms with Crippen LogP contribution in [0.4, 0.5) is 11.4 Å². The molecule has 4 rings (SSSR count). The molecule has 1 heterocycles. The molecule has 190 valence electrons. The summed E-state index contributed by atoms with van der Waals surface area (Å²) >= 11 is 11.3. The Bertz CT molecular complexity index is 1120. The van der Waals surface area contributed by atoms with Crippen LogP contribution in [0.25, 0.3) is 6.08 Å². The first-order chi connectivity index (χ1) is 17.6. The van der Waals surface area contributed by atoms with Gasteiger partial charge in [0, 0.05) is 48.3 Å². The van der Waals surface area contributed by atoms with Crippen LogP contribution in [-0.2, 0) is 4.74 Å². The summed E-state index contributed by atoms with van der Waals surface area (Å²) < 4.78 is 5.61. The van der Waals surface area contributed by atoms with E-state index in [1.54, 1.807) is 0 Å². The smallest absolute Gasteiger partial charge is 0.191 e. The van der Waals surface area contributed by atoms with E-state index in [0.29, 0.717) is 10.1 Å². The Kier molecular flexibility index (Phi) is 9.39. The zero-order valence-corrected chi connectivity index (χ0v) is 22.5. The third-order valence-corrected chi connectivity index (χ3v) is 6.90. The number of hydrogen-bond acceptors (Lipinski definition) is 5. The number of nitrogens with zero attached hydrogens (tertiary/aromatic N) is 3. The molecule has 36 heavy (non-hydrogen) atoms. The lowest BCUT2D eigenvalue weighted by molar-refractivity contribution is 0.0548. The van der Waals surface area contributed by atoms with Crippen LogP contribution in [0.1, 0.15) is 32.3 Å². The quantitative estimate of drug-likeness (QED) is 0.254. The molecule has 1 aliphatic heterocycles. The molecule has 8 heteroatoms. The number of hydrogen-bond donors (Lipinski definition) is 2. The van der Waals surface area contributed by atoms with Crippen molar-refractivity contribution in [3.8, 4) is 0 Å². The van der Waals surface area contributed by atoms with E-state index in [1.807, 2.05) is 30.5 Å². The lowest BCUT2D eigenvalue weighted by atomic mass is 10.1. The van der Waals surface area contributed by atoms with Gasteiger partial charge >= 0.3 is 0 Å². The van der Waals surface area contributed by atoms with Crippen molar-refractivity contribution in [3.63, 3.8) is 0 Å². The number of anilines is 2. The molecule has 0 atom stereocenters. The average molecular weight is 524 g/mol. The SMILES string of the molecule is CCN(CC)c1ccc(/C=C2/CCC(C=NNC(=S)Nc3ccc(Cl)cc3)=C2N2CCOCC2)cc1. The van der Waals surface area contributed by atoms with Crippen LogP contribution in [0.5, 0.6) is 0 Å². The molecule has 0 unspecified atom stereocenters. The summed E-state index contributed by atoms with van der Waals surface area (Å²) in [6.45, 7) is 9.65. The molecule has 1 saturated heterocycles. The maximum Gasteiger partial charge on any atom is 0.191 e. The van der Waals surface area contributed by atoms with Gasteiger partial charge in [-0.1, -0.05) is 23.7 Å². The van der Waals surface area contributed by atoms with E-state index in [2.05, 4.69) is 69.8 Å². The third kappa shape index (κ3) is 6.87. The second-order valence-corrected chi connectivity index (χ2v) is 9.58. The molecule has 0 radical (unpaired) electrons. The Morgan fingerprint density at radius 2 is 1.75 bits per heavy atom. The summed E-state index contributed by atoms with van der Waals surface area (Å²) in [5.41, 5.74) is 10.1. The molecule has 0 saturated carbocycles. The Morgan fingerprint density at radius 3 is 2.42 bits per heavy atom.